The number of hydrogen-bond acceptors (Lipinski definition) is 4. The van der Waals surface area contributed by atoms with Gasteiger partial charge in [0.25, 0.3) is 5.91 Å². The number of rotatable bonds is 9. The minimum absolute atomic E-state index is 0.0890. The molecule has 7 nitrogen and oxygen atoms in total. The van der Waals surface area contributed by atoms with Gasteiger partial charge in [0.15, 0.2) is 0 Å². The average molecular weight is 384 g/mol. The van der Waals surface area contributed by atoms with E-state index >= 15 is 0 Å². The summed E-state index contributed by atoms with van der Waals surface area (Å²) >= 11 is 6.06. The van der Waals surface area contributed by atoms with Gasteiger partial charge in [0.05, 0.1) is 5.92 Å². The van der Waals surface area contributed by atoms with Crippen molar-refractivity contribution >= 4 is 29.3 Å². The largest absolute Gasteiger partial charge is 0.357 e. The van der Waals surface area contributed by atoms with Crippen molar-refractivity contribution < 1.29 is 19.6 Å². The summed E-state index contributed by atoms with van der Waals surface area (Å²) in [6.07, 6.45) is 0.638. The van der Waals surface area contributed by atoms with Crippen molar-refractivity contribution in [2.45, 2.75) is 38.1 Å². The first-order valence-electron chi connectivity index (χ1n) is 8.44. The summed E-state index contributed by atoms with van der Waals surface area (Å²) in [6, 6.07) is 8.47. The van der Waals surface area contributed by atoms with Crippen LogP contribution in [0.4, 0.5) is 0 Å². The molecule has 1 rings (SSSR count). The summed E-state index contributed by atoms with van der Waals surface area (Å²) in [5.41, 5.74) is 2.36. The van der Waals surface area contributed by atoms with Crippen LogP contribution in [0.2, 0.25) is 0 Å². The molecule has 1 aromatic carbocycles. The van der Waals surface area contributed by atoms with Crippen molar-refractivity contribution in [3.63, 3.8) is 0 Å². The lowest BCUT2D eigenvalue weighted by Crippen LogP contribution is -2.51. The Kier molecular flexibility index (Phi) is 9.09. The van der Waals surface area contributed by atoms with Crippen LogP contribution in [0.15, 0.2) is 30.3 Å². The SMILES string of the molecule is CNC(=O)[C@H](Cc1ccccc1)NC(=O)[C@H](CC(C)C)[C@@H](Cl)C(=O)NO. The van der Waals surface area contributed by atoms with Gasteiger partial charge in [-0.15, -0.1) is 11.6 Å². The minimum Gasteiger partial charge on any atom is -0.357 e. The van der Waals surface area contributed by atoms with Crippen molar-refractivity contribution in [3.05, 3.63) is 35.9 Å². The molecule has 3 atom stereocenters. The highest BCUT2D eigenvalue weighted by Gasteiger charge is 2.34. The third-order valence-electron chi connectivity index (χ3n) is 3.94. The molecule has 0 heterocycles. The summed E-state index contributed by atoms with van der Waals surface area (Å²) in [7, 11) is 1.49. The van der Waals surface area contributed by atoms with Crippen LogP contribution in [0.5, 0.6) is 0 Å². The summed E-state index contributed by atoms with van der Waals surface area (Å²) in [5, 5.41) is 12.8. The number of carbonyl (C=O) groups is 3. The van der Waals surface area contributed by atoms with Gasteiger partial charge in [-0.2, -0.15) is 0 Å². The lowest BCUT2D eigenvalue weighted by molar-refractivity contribution is -0.136. The number of amides is 3. The summed E-state index contributed by atoms with van der Waals surface area (Å²) < 4.78 is 0. The molecule has 0 spiro atoms. The van der Waals surface area contributed by atoms with Crippen LogP contribution in [0.25, 0.3) is 0 Å². The molecule has 26 heavy (non-hydrogen) atoms. The van der Waals surface area contributed by atoms with Crippen molar-refractivity contribution in [1.82, 2.24) is 16.1 Å². The quantitative estimate of drug-likeness (QED) is 0.292. The molecule has 0 aliphatic rings. The summed E-state index contributed by atoms with van der Waals surface area (Å²) in [4.78, 5) is 36.6. The number of halogens is 1. The molecule has 0 fully saturated rings. The fourth-order valence-corrected chi connectivity index (χ4v) is 2.89. The second kappa shape index (κ2) is 10.8. The van der Waals surface area contributed by atoms with Crippen LogP contribution in [-0.4, -0.2) is 41.4 Å². The first-order chi connectivity index (χ1) is 12.3. The van der Waals surface area contributed by atoms with Crippen molar-refractivity contribution in [2.24, 2.45) is 11.8 Å². The maximum Gasteiger partial charge on any atom is 0.262 e. The Labute approximate surface area is 158 Å². The molecule has 0 radical (unpaired) electrons. The van der Waals surface area contributed by atoms with Crippen molar-refractivity contribution in [2.75, 3.05) is 7.05 Å². The van der Waals surface area contributed by atoms with E-state index in [1.807, 2.05) is 44.2 Å². The highest BCUT2D eigenvalue weighted by Crippen LogP contribution is 2.21. The van der Waals surface area contributed by atoms with Crippen LogP contribution in [-0.2, 0) is 20.8 Å². The molecular weight excluding hydrogens is 358 g/mol. The number of alkyl halides is 1. The Balaban J connectivity index is 2.95. The normalized spacial score (nSPS) is 14.2. The molecule has 0 aliphatic carbocycles. The van der Waals surface area contributed by atoms with E-state index in [1.165, 1.54) is 12.5 Å². The van der Waals surface area contributed by atoms with E-state index in [9.17, 15) is 14.4 Å². The van der Waals surface area contributed by atoms with Gasteiger partial charge >= 0.3 is 0 Å². The molecule has 3 amide bonds. The van der Waals surface area contributed by atoms with Crippen LogP contribution >= 0.6 is 11.6 Å². The van der Waals surface area contributed by atoms with Crippen molar-refractivity contribution in [3.8, 4) is 0 Å². The third-order valence-corrected chi connectivity index (χ3v) is 4.44. The Hall–Kier alpha value is -2.12. The lowest BCUT2D eigenvalue weighted by Gasteiger charge is -2.25. The van der Waals surface area contributed by atoms with Crippen LogP contribution in [0.1, 0.15) is 25.8 Å². The van der Waals surface area contributed by atoms with E-state index in [1.54, 1.807) is 0 Å². The standard InChI is InChI=1S/C18H26ClN3O4/c1-11(2)9-13(15(19)18(25)22-26)16(23)21-14(17(24)20-3)10-12-7-5-4-6-8-12/h4-8,11,13-15,26H,9-10H2,1-3H3,(H,20,24)(H,21,23)(H,22,25)/t13-,14+,15-/m1/s1. The van der Waals surface area contributed by atoms with Gasteiger partial charge in [-0.1, -0.05) is 44.2 Å². The van der Waals surface area contributed by atoms with Gasteiger partial charge in [-0.25, -0.2) is 5.48 Å². The maximum atomic E-state index is 12.7. The monoisotopic (exact) mass is 383 g/mol. The maximum absolute atomic E-state index is 12.7. The molecule has 144 valence electrons. The molecule has 1 aromatic rings. The van der Waals surface area contributed by atoms with Gasteiger partial charge < -0.3 is 10.6 Å². The van der Waals surface area contributed by atoms with E-state index in [-0.39, 0.29) is 11.8 Å². The lowest BCUT2D eigenvalue weighted by atomic mass is 9.92. The highest BCUT2D eigenvalue weighted by atomic mass is 35.5. The van der Waals surface area contributed by atoms with E-state index in [0.29, 0.717) is 12.8 Å². The highest BCUT2D eigenvalue weighted by molar-refractivity contribution is 6.32. The van der Waals surface area contributed by atoms with E-state index in [2.05, 4.69) is 10.6 Å². The van der Waals surface area contributed by atoms with Gasteiger partial charge in [-0.3, -0.25) is 19.6 Å². The zero-order valence-electron chi connectivity index (χ0n) is 15.2. The Morgan fingerprint density at radius 1 is 1.08 bits per heavy atom. The van der Waals surface area contributed by atoms with E-state index in [4.69, 9.17) is 16.8 Å². The number of hydrogen-bond donors (Lipinski definition) is 4. The molecule has 0 bridgehead atoms. The third kappa shape index (κ3) is 6.65. The number of nitrogens with one attached hydrogen (secondary N) is 3. The van der Waals surface area contributed by atoms with Crippen LogP contribution in [0.3, 0.4) is 0 Å². The zero-order chi connectivity index (χ0) is 19.7. The smallest absolute Gasteiger partial charge is 0.262 e. The first-order valence-corrected chi connectivity index (χ1v) is 8.87. The topological polar surface area (TPSA) is 108 Å². The molecule has 0 unspecified atom stereocenters. The van der Waals surface area contributed by atoms with E-state index < -0.39 is 29.2 Å². The van der Waals surface area contributed by atoms with Gasteiger partial charge in [-0.05, 0) is 17.9 Å². The average Bonchev–Trinajstić information content (AvgIpc) is 2.64. The summed E-state index contributed by atoms with van der Waals surface area (Å²) in [5.74, 6) is -2.50. The van der Waals surface area contributed by atoms with Crippen molar-refractivity contribution in [1.29, 1.82) is 0 Å². The predicted molar refractivity (Wildman–Crippen MR) is 98.7 cm³/mol. The Morgan fingerprint density at radius 3 is 2.19 bits per heavy atom. The number of carbonyl (C=O) groups excluding carboxylic acids is 3. The van der Waals surface area contributed by atoms with Crippen LogP contribution in [0, 0.1) is 11.8 Å². The number of hydroxylamine groups is 1. The predicted octanol–water partition coefficient (Wildman–Crippen LogP) is 1.23. The summed E-state index contributed by atoms with van der Waals surface area (Å²) in [6.45, 7) is 3.78. The molecule has 0 saturated heterocycles. The molecular formula is C18H26ClN3O4. The number of benzene rings is 1. The van der Waals surface area contributed by atoms with Gasteiger partial charge in [0, 0.05) is 13.5 Å². The second-order valence-corrected chi connectivity index (χ2v) is 6.95. The fourth-order valence-electron chi connectivity index (χ4n) is 2.62. The van der Waals surface area contributed by atoms with Gasteiger partial charge in [0.2, 0.25) is 11.8 Å². The van der Waals surface area contributed by atoms with E-state index in [0.717, 1.165) is 5.56 Å². The molecule has 0 saturated carbocycles. The number of likely N-dealkylation sites (N-methyl/N-ethyl adjacent to an activating group) is 1. The van der Waals surface area contributed by atoms with Crippen LogP contribution < -0.4 is 16.1 Å². The molecule has 8 heteroatoms. The Bertz CT molecular complexity index is 610. The molecule has 4 N–H and O–H groups in total. The minimum atomic E-state index is -1.25. The fraction of sp³-hybridized carbons (Fsp3) is 0.500. The van der Waals surface area contributed by atoms with Gasteiger partial charge in [0.1, 0.15) is 11.4 Å². The first kappa shape index (κ1) is 21.9. The second-order valence-electron chi connectivity index (χ2n) is 6.48. The molecule has 0 aliphatic heterocycles. The molecule has 0 aromatic heterocycles. The zero-order valence-corrected chi connectivity index (χ0v) is 15.9. The Morgan fingerprint density at radius 2 is 1.69 bits per heavy atom.